The molecule has 2 aliphatic rings. The van der Waals surface area contributed by atoms with Crippen LogP contribution in [0, 0.1) is 11.8 Å². The molecule has 1 N–H and O–H groups in total. The van der Waals surface area contributed by atoms with Crippen LogP contribution in [0.3, 0.4) is 0 Å². The Labute approximate surface area is 104 Å². The van der Waals surface area contributed by atoms with Gasteiger partial charge >= 0.3 is 0 Å². The minimum atomic E-state index is 0.258. The highest BCUT2D eigenvalue weighted by Gasteiger charge is 2.28. The van der Waals surface area contributed by atoms with Crippen LogP contribution in [0.2, 0.25) is 0 Å². The lowest BCUT2D eigenvalue weighted by Crippen LogP contribution is -2.45. The van der Waals surface area contributed by atoms with Gasteiger partial charge in [0.15, 0.2) is 0 Å². The van der Waals surface area contributed by atoms with Gasteiger partial charge in [0.05, 0.1) is 0 Å². The first kappa shape index (κ1) is 12.6. The Morgan fingerprint density at radius 1 is 1.41 bits per heavy atom. The fourth-order valence-corrected chi connectivity index (χ4v) is 3.00. The summed E-state index contributed by atoms with van der Waals surface area (Å²) in [4.78, 5) is 14.5. The third kappa shape index (κ3) is 3.32. The minimum Gasteiger partial charge on any atom is -0.342 e. The van der Waals surface area contributed by atoms with Crippen LogP contribution in [-0.2, 0) is 4.79 Å². The maximum absolute atomic E-state index is 12.4. The van der Waals surface area contributed by atoms with Crippen LogP contribution in [0.1, 0.15) is 32.1 Å². The molecule has 0 aromatic carbocycles. The van der Waals surface area contributed by atoms with Gasteiger partial charge in [-0.25, -0.2) is 0 Å². The lowest BCUT2D eigenvalue weighted by Gasteiger charge is -2.35. The Hall–Kier alpha value is -0.830. The first-order chi connectivity index (χ1) is 8.31. The van der Waals surface area contributed by atoms with Crippen molar-refractivity contribution in [1.82, 2.24) is 10.2 Å². The van der Waals surface area contributed by atoms with E-state index in [9.17, 15) is 4.79 Å². The molecule has 96 valence electrons. The predicted octanol–water partition coefficient (Wildman–Crippen LogP) is 1.80. The van der Waals surface area contributed by atoms with Crippen molar-refractivity contribution in [3.8, 4) is 0 Å². The molecule has 1 aliphatic carbocycles. The Morgan fingerprint density at radius 3 is 3.00 bits per heavy atom. The van der Waals surface area contributed by atoms with Gasteiger partial charge in [-0.1, -0.05) is 12.2 Å². The van der Waals surface area contributed by atoms with Crippen molar-refractivity contribution in [3.63, 3.8) is 0 Å². The summed E-state index contributed by atoms with van der Waals surface area (Å²) in [6.45, 7) is 2.97. The molecular formula is C14H24N2O. The third-order valence-electron chi connectivity index (χ3n) is 3.94. The lowest BCUT2D eigenvalue weighted by atomic mass is 9.91. The number of carbonyl (C=O) groups is 1. The van der Waals surface area contributed by atoms with Crippen molar-refractivity contribution >= 4 is 5.91 Å². The van der Waals surface area contributed by atoms with E-state index < -0.39 is 0 Å². The van der Waals surface area contributed by atoms with Crippen LogP contribution in [0.25, 0.3) is 0 Å². The quantitative estimate of drug-likeness (QED) is 0.758. The first-order valence-corrected chi connectivity index (χ1v) is 6.89. The van der Waals surface area contributed by atoms with Gasteiger partial charge in [-0.2, -0.15) is 0 Å². The number of likely N-dealkylation sites (tertiary alicyclic amines) is 1. The highest BCUT2D eigenvalue weighted by molar-refractivity contribution is 5.79. The molecule has 2 atom stereocenters. The van der Waals surface area contributed by atoms with Crippen LogP contribution >= 0.6 is 0 Å². The summed E-state index contributed by atoms with van der Waals surface area (Å²) >= 11 is 0. The zero-order valence-corrected chi connectivity index (χ0v) is 10.8. The third-order valence-corrected chi connectivity index (χ3v) is 3.94. The molecule has 1 aliphatic heterocycles. The van der Waals surface area contributed by atoms with Crippen molar-refractivity contribution in [1.29, 1.82) is 0 Å². The Bertz CT molecular complexity index is 286. The van der Waals surface area contributed by atoms with E-state index >= 15 is 0 Å². The number of carbonyl (C=O) groups excluding carboxylic acids is 1. The van der Waals surface area contributed by atoms with Crippen molar-refractivity contribution in [3.05, 3.63) is 12.2 Å². The van der Waals surface area contributed by atoms with E-state index in [0.717, 1.165) is 38.9 Å². The number of amides is 1. The predicted molar refractivity (Wildman–Crippen MR) is 69.7 cm³/mol. The standard InChI is InChI=1S/C14H24N2O/c1-15-10-12-6-5-9-16(11-12)14(17)13-7-3-2-4-8-13/h2-3,12-13,15H,4-11H2,1H3. The summed E-state index contributed by atoms with van der Waals surface area (Å²) in [5.74, 6) is 1.31. The largest absolute Gasteiger partial charge is 0.342 e. The van der Waals surface area contributed by atoms with Gasteiger partial charge in [0.2, 0.25) is 5.91 Å². The first-order valence-electron chi connectivity index (χ1n) is 6.89. The second-order valence-corrected chi connectivity index (χ2v) is 5.33. The van der Waals surface area contributed by atoms with Crippen molar-refractivity contribution in [2.75, 3.05) is 26.7 Å². The van der Waals surface area contributed by atoms with E-state index in [4.69, 9.17) is 0 Å². The minimum absolute atomic E-state index is 0.258. The van der Waals surface area contributed by atoms with Crippen molar-refractivity contribution in [2.45, 2.75) is 32.1 Å². The van der Waals surface area contributed by atoms with Gasteiger partial charge in [-0.15, -0.1) is 0 Å². The number of hydrogen-bond donors (Lipinski definition) is 1. The molecule has 1 amide bonds. The van der Waals surface area contributed by atoms with Gasteiger partial charge in [0.25, 0.3) is 0 Å². The van der Waals surface area contributed by atoms with E-state index in [1.807, 2.05) is 7.05 Å². The summed E-state index contributed by atoms with van der Waals surface area (Å²) in [6.07, 6.45) is 9.86. The molecule has 0 saturated carbocycles. The fraction of sp³-hybridized carbons (Fsp3) is 0.786. The Balaban J connectivity index is 1.87. The van der Waals surface area contributed by atoms with Crippen molar-refractivity contribution in [2.24, 2.45) is 11.8 Å². The molecule has 2 unspecified atom stereocenters. The maximum Gasteiger partial charge on any atom is 0.226 e. The molecule has 1 heterocycles. The van der Waals surface area contributed by atoms with E-state index in [0.29, 0.717) is 11.8 Å². The number of piperidine rings is 1. The molecule has 3 nitrogen and oxygen atoms in total. The number of nitrogens with one attached hydrogen (secondary N) is 1. The summed E-state index contributed by atoms with van der Waals surface area (Å²) in [5, 5.41) is 3.23. The molecule has 1 saturated heterocycles. The molecule has 2 rings (SSSR count). The second kappa shape index (κ2) is 6.20. The van der Waals surface area contributed by atoms with Gasteiger partial charge < -0.3 is 10.2 Å². The van der Waals surface area contributed by atoms with E-state index in [1.165, 1.54) is 12.8 Å². The van der Waals surface area contributed by atoms with Crippen LogP contribution in [0.15, 0.2) is 12.2 Å². The molecule has 17 heavy (non-hydrogen) atoms. The molecule has 3 heteroatoms. The summed E-state index contributed by atoms with van der Waals surface area (Å²) in [7, 11) is 1.99. The van der Waals surface area contributed by atoms with Crippen LogP contribution in [0.5, 0.6) is 0 Å². The molecule has 1 fully saturated rings. The Morgan fingerprint density at radius 2 is 2.29 bits per heavy atom. The topological polar surface area (TPSA) is 32.3 Å². The zero-order valence-electron chi connectivity index (χ0n) is 10.8. The van der Waals surface area contributed by atoms with E-state index in [-0.39, 0.29) is 5.92 Å². The molecule has 0 aromatic heterocycles. The van der Waals surface area contributed by atoms with Crippen LogP contribution in [0.4, 0.5) is 0 Å². The highest BCUT2D eigenvalue weighted by Crippen LogP contribution is 2.24. The second-order valence-electron chi connectivity index (χ2n) is 5.33. The monoisotopic (exact) mass is 236 g/mol. The smallest absolute Gasteiger partial charge is 0.226 e. The van der Waals surface area contributed by atoms with E-state index in [2.05, 4.69) is 22.4 Å². The summed E-state index contributed by atoms with van der Waals surface area (Å²) in [6, 6.07) is 0. The number of rotatable bonds is 3. The van der Waals surface area contributed by atoms with Crippen molar-refractivity contribution < 1.29 is 4.79 Å². The molecule has 0 bridgehead atoms. The SMILES string of the molecule is CNCC1CCCN(C(=O)C2CC=CCC2)C1. The molecular weight excluding hydrogens is 212 g/mol. The highest BCUT2D eigenvalue weighted by atomic mass is 16.2. The summed E-state index contributed by atoms with van der Waals surface area (Å²) in [5.41, 5.74) is 0. The Kier molecular flexibility index (Phi) is 4.60. The fourth-order valence-electron chi connectivity index (χ4n) is 3.00. The van der Waals surface area contributed by atoms with Crippen LogP contribution in [-0.4, -0.2) is 37.5 Å². The molecule has 0 radical (unpaired) electrons. The normalized spacial score (nSPS) is 29.4. The van der Waals surface area contributed by atoms with Gasteiger partial charge in [-0.3, -0.25) is 4.79 Å². The maximum atomic E-state index is 12.4. The zero-order chi connectivity index (χ0) is 12.1. The average molecular weight is 236 g/mol. The van der Waals surface area contributed by atoms with Gasteiger partial charge in [0, 0.05) is 19.0 Å². The molecule has 0 spiro atoms. The number of allylic oxidation sites excluding steroid dienone is 2. The molecule has 0 aromatic rings. The number of nitrogens with zero attached hydrogens (tertiary/aromatic N) is 1. The lowest BCUT2D eigenvalue weighted by molar-refractivity contribution is -0.137. The van der Waals surface area contributed by atoms with Crippen LogP contribution < -0.4 is 5.32 Å². The van der Waals surface area contributed by atoms with Gasteiger partial charge in [0.1, 0.15) is 0 Å². The average Bonchev–Trinajstić information content (AvgIpc) is 2.40. The number of hydrogen-bond acceptors (Lipinski definition) is 2. The van der Waals surface area contributed by atoms with Gasteiger partial charge in [-0.05, 0) is 51.6 Å². The summed E-state index contributed by atoms with van der Waals surface area (Å²) < 4.78 is 0. The van der Waals surface area contributed by atoms with E-state index in [1.54, 1.807) is 0 Å².